The molecule has 266 valence electrons. The summed E-state index contributed by atoms with van der Waals surface area (Å²) in [5.74, 6) is -0.643. The summed E-state index contributed by atoms with van der Waals surface area (Å²) in [5.41, 5.74) is 1.75. The Bertz CT molecular complexity index is 1250. The van der Waals surface area contributed by atoms with Gasteiger partial charge in [0.25, 0.3) is 0 Å². The molecule has 2 N–H and O–H groups in total. The predicted octanol–water partition coefficient (Wildman–Crippen LogP) is 7.33. The minimum atomic E-state index is -0.653. The van der Waals surface area contributed by atoms with Gasteiger partial charge in [-0.15, -0.1) is 0 Å². The number of nitrogens with one attached hydrogen (secondary N) is 2. The quantitative estimate of drug-likeness (QED) is 0.144. The second kappa shape index (κ2) is 19.8. The molecule has 1 saturated heterocycles. The summed E-state index contributed by atoms with van der Waals surface area (Å²) in [5, 5.41) is 5.62. The van der Waals surface area contributed by atoms with Crippen LogP contribution in [0.2, 0.25) is 0 Å². The summed E-state index contributed by atoms with van der Waals surface area (Å²) in [6, 6.07) is 19.3. The molecule has 0 aromatic heterocycles. The predicted molar refractivity (Wildman–Crippen MR) is 190 cm³/mol. The summed E-state index contributed by atoms with van der Waals surface area (Å²) >= 11 is 0. The van der Waals surface area contributed by atoms with Gasteiger partial charge in [-0.25, -0.2) is 0 Å². The molecule has 1 aliphatic rings. The minimum absolute atomic E-state index is 0.0715. The molecule has 1 fully saturated rings. The lowest BCUT2D eigenvalue weighted by Gasteiger charge is -2.51. The number of rotatable bonds is 20. The average molecular weight is 665 g/mol. The van der Waals surface area contributed by atoms with E-state index in [9.17, 15) is 14.4 Å². The van der Waals surface area contributed by atoms with Crippen molar-refractivity contribution in [3.8, 4) is 0 Å². The van der Waals surface area contributed by atoms with E-state index < -0.39 is 17.7 Å². The molecule has 0 saturated carbocycles. The van der Waals surface area contributed by atoms with Gasteiger partial charge in [0.2, 0.25) is 11.8 Å². The van der Waals surface area contributed by atoms with Crippen molar-refractivity contribution in [1.29, 1.82) is 0 Å². The first kappa shape index (κ1) is 39.4. The van der Waals surface area contributed by atoms with Crippen LogP contribution in [0.4, 0.5) is 0 Å². The van der Waals surface area contributed by atoms with E-state index in [1.165, 1.54) is 6.92 Å². The highest BCUT2D eigenvalue weighted by Crippen LogP contribution is 2.41. The number of hydrogen-bond donors (Lipinski definition) is 2. The van der Waals surface area contributed by atoms with E-state index in [1.54, 1.807) is 20.8 Å². The van der Waals surface area contributed by atoms with Gasteiger partial charge in [-0.05, 0) is 51.2 Å². The Hall–Kier alpha value is -3.07. The fourth-order valence-electron chi connectivity index (χ4n) is 6.43. The normalized spacial score (nSPS) is 23.8. The monoisotopic (exact) mass is 664 g/mol. The van der Waals surface area contributed by atoms with Crippen LogP contribution >= 0.6 is 0 Å². The molecule has 0 aliphatic carbocycles. The molecule has 48 heavy (non-hydrogen) atoms. The number of carbonyl (C=O) groups excluding carboxylic acids is 3. The minimum Gasteiger partial charge on any atom is -0.370 e. The highest BCUT2D eigenvalue weighted by atomic mass is 16.6. The molecular formula is C40H60N2O6. The van der Waals surface area contributed by atoms with Crippen molar-refractivity contribution >= 4 is 17.6 Å². The first-order chi connectivity index (χ1) is 22.9. The molecule has 2 amide bonds. The Kier molecular flexibility index (Phi) is 16.2. The molecular weight excluding hydrogens is 604 g/mol. The van der Waals surface area contributed by atoms with Gasteiger partial charge in [-0.2, -0.15) is 0 Å². The molecule has 0 radical (unpaired) electrons. The zero-order valence-corrected chi connectivity index (χ0v) is 30.3. The SMILES string of the molecule is CC[C@H]1O[C@@](C)(CCCCCCC[C@H](NC(=O)C(C)C)C(=O)N[C@@H](C)C(C)=O)[C@H](OCc2ccccc2)[C@@H](OCc2ccccc2)[C@H]1C. The Morgan fingerprint density at radius 2 is 1.38 bits per heavy atom. The van der Waals surface area contributed by atoms with Crippen LogP contribution in [-0.2, 0) is 41.8 Å². The van der Waals surface area contributed by atoms with Crippen LogP contribution in [0.5, 0.6) is 0 Å². The third-order valence-corrected chi connectivity index (χ3v) is 9.68. The van der Waals surface area contributed by atoms with Crippen molar-refractivity contribution in [3.05, 3.63) is 71.8 Å². The van der Waals surface area contributed by atoms with Gasteiger partial charge in [0.15, 0.2) is 5.78 Å². The first-order valence-electron chi connectivity index (χ1n) is 18.0. The number of carbonyl (C=O) groups is 3. The lowest BCUT2D eigenvalue weighted by atomic mass is 9.78. The van der Waals surface area contributed by atoms with E-state index in [0.29, 0.717) is 19.6 Å². The van der Waals surface area contributed by atoms with Crippen molar-refractivity contribution in [3.63, 3.8) is 0 Å². The highest BCUT2D eigenvalue weighted by molar-refractivity contribution is 5.92. The molecule has 1 heterocycles. The van der Waals surface area contributed by atoms with Crippen LogP contribution in [0.25, 0.3) is 0 Å². The lowest BCUT2D eigenvalue weighted by molar-refractivity contribution is -0.273. The Balaban J connectivity index is 1.61. The van der Waals surface area contributed by atoms with E-state index in [4.69, 9.17) is 14.2 Å². The van der Waals surface area contributed by atoms with Crippen LogP contribution in [0, 0.1) is 11.8 Å². The summed E-state index contributed by atoms with van der Waals surface area (Å²) in [7, 11) is 0. The Labute approximate surface area is 289 Å². The number of ketones is 1. The van der Waals surface area contributed by atoms with E-state index in [0.717, 1.165) is 56.1 Å². The third kappa shape index (κ3) is 12.1. The van der Waals surface area contributed by atoms with Gasteiger partial charge in [-0.1, -0.05) is 120 Å². The van der Waals surface area contributed by atoms with Crippen molar-refractivity contribution in [1.82, 2.24) is 10.6 Å². The molecule has 1 aliphatic heterocycles. The fraction of sp³-hybridized carbons (Fsp3) is 0.625. The number of benzene rings is 2. The number of Topliss-reactive ketones (excluding diaryl/α,β-unsaturated/α-hetero) is 1. The molecule has 2 aromatic carbocycles. The maximum absolute atomic E-state index is 12.9. The van der Waals surface area contributed by atoms with Crippen molar-refractivity contribution in [2.45, 2.75) is 149 Å². The molecule has 0 bridgehead atoms. The van der Waals surface area contributed by atoms with Gasteiger partial charge in [0.1, 0.15) is 12.1 Å². The molecule has 3 rings (SSSR count). The third-order valence-electron chi connectivity index (χ3n) is 9.68. The summed E-state index contributed by atoms with van der Waals surface area (Å²) < 4.78 is 20.3. The second-order valence-electron chi connectivity index (χ2n) is 14.1. The largest absolute Gasteiger partial charge is 0.370 e. The van der Waals surface area contributed by atoms with E-state index in [2.05, 4.69) is 55.7 Å². The molecule has 7 atom stereocenters. The van der Waals surface area contributed by atoms with Crippen LogP contribution < -0.4 is 10.6 Å². The Morgan fingerprint density at radius 1 is 0.812 bits per heavy atom. The van der Waals surface area contributed by atoms with Crippen LogP contribution in [0.15, 0.2) is 60.7 Å². The van der Waals surface area contributed by atoms with Gasteiger partial charge in [0, 0.05) is 11.8 Å². The maximum atomic E-state index is 12.9. The molecule has 0 unspecified atom stereocenters. The van der Waals surface area contributed by atoms with E-state index in [1.807, 2.05) is 36.4 Å². The van der Waals surface area contributed by atoms with E-state index >= 15 is 0 Å². The van der Waals surface area contributed by atoms with Crippen LogP contribution in [0.1, 0.15) is 111 Å². The maximum Gasteiger partial charge on any atom is 0.243 e. The summed E-state index contributed by atoms with van der Waals surface area (Å²) in [6.07, 6.45) is 6.73. The van der Waals surface area contributed by atoms with Crippen molar-refractivity contribution < 1.29 is 28.6 Å². The van der Waals surface area contributed by atoms with Gasteiger partial charge < -0.3 is 24.8 Å². The number of hydrogen-bond acceptors (Lipinski definition) is 6. The van der Waals surface area contributed by atoms with Crippen molar-refractivity contribution in [2.24, 2.45) is 11.8 Å². The van der Waals surface area contributed by atoms with Crippen LogP contribution in [0.3, 0.4) is 0 Å². The van der Waals surface area contributed by atoms with Gasteiger partial charge in [0.05, 0.1) is 37.1 Å². The first-order valence-corrected chi connectivity index (χ1v) is 18.0. The summed E-state index contributed by atoms with van der Waals surface area (Å²) in [4.78, 5) is 37.0. The number of ether oxygens (including phenoxy) is 3. The fourth-order valence-corrected chi connectivity index (χ4v) is 6.43. The number of unbranched alkanes of at least 4 members (excludes halogenated alkanes) is 4. The average Bonchev–Trinajstić information content (AvgIpc) is 3.07. The molecule has 8 heteroatoms. The summed E-state index contributed by atoms with van der Waals surface area (Å²) in [6.45, 7) is 14.3. The molecule has 0 spiro atoms. The Morgan fingerprint density at radius 3 is 1.94 bits per heavy atom. The molecule has 8 nitrogen and oxygen atoms in total. The highest BCUT2D eigenvalue weighted by Gasteiger charge is 2.51. The smallest absolute Gasteiger partial charge is 0.243 e. The number of amides is 2. The molecule has 2 aromatic rings. The van der Waals surface area contributed by atoms with Crippen molar-refractivity contribution in [2.75, 3.05) is 0 Å². The topological polar surface area (TPSA) is 103 Å². The zero-order valence-electron chi connectivity index (χ0n) is 30.3. The van der Waals surface area contributed by atoms with Crippen LogP contribution in [-0.4, -0.2) is 53.6 Å². The standard InChI is InChI=1S/C40H60N2O6/c1-8-35-29(4)36(46-26-32-20-14-12-15-21-32)37(47-27-33-22-16-13-17-23-33)40(7,48-35)25-19-11-9-10-18-24-34(42-38(44)28(2)3)39(45)41-30(5)31(6)43/h12-17,20-23,28-30,34-37H,8-11,18-19,24-27H2,1-7H3,(H,41,45)(H,42,44)/t29-,30-,34-,35+,36-,37+,40-/m0/s1. The van der Waals surface area contributed by atoms with Gasteiger partial charge in [-0.3, -0.25) is 14.4 Å². The lowest BCUT2D eigenvalue weighted by Crippen LogP contribution is -2.61. The van der Waals surface area contributed by atoms with E-state index in [-0.39, 0.29) is 47.7 Å². The zero-order chi connectivity index (χ0) is 35.1. The second-order valence-corrected chi connectivity index (χ2v) is 14.1. The van der Waals surface area contributed by atoms with Gasteiger partial charge >= 0.3 is 0 Å².